The third kappa shape index (κ3) is 2.99. The molecule has 138 valence electrons. The Bertz CT molecular complexity index is 1010. The molecule has 0 saturated heterocycles. The van der Waals surface area contributed by atoms with Gasteiger partial charge in [0.2, 0.25) is 0 Å². The van der Waals surface area contributed by atoms with Gasteiger partial charge in [0.15, 0.2) is 0 Å². The SMILES string of the molecule is CCOC(=O)C1(NC(=O)c2cccc3cc(C)oc23)Cc2ccccc2C1. The molecule has 0 bridgehead atoms. The number of esters is 1. The molecule has 0 radical (unpaired) electrons. The quantitative estimate of drug-likeness (QED) is 0.720. The van der Waals surface area contributed by atoms with Crippen molar-refractivity contribution in [3.63, 3.8) is 0 Å². The van der Waals surface area contributed by atoms with E-state index in [1.807, 2.05) is 49.4 Å². The Balaban J connectivity index is 1.70. The molecule has 1 heterocycles. The minimum Gasteiger partial charge on any atom is -0.464 e. The third-order valence-corrected chi connectivity index (χ3v) is 5.03. The van der Waals surface area contributed by atoms with E-state index in [2.05, 4.69) is 5.32 Å². The van der Waals surface area contributed by atoms with Gasteiger partial charge in [0, 0.05) is 18.2 Å². The monoisotopic (exact) mass is 363 g/mol. The fraction of sp³-hybridized carbons (Fsp3) is 0.273. The lowest BCUT2D eigenvalue weighted by Gasteiger charge is -2.28. The number of furan rings is 1. The van der Waals surface area contributed by atoms with Crippen LogP contribution in [0.5, 0.6) is 0 Å². The maximum atomic E-state index is 13.1. The van der Waals surface area contributed by atoms with E-state index in [0.717, 1.165) is 22.3 Å². The van der Waals surface area contributed by atoms with Gasteiger partial charge in [0.25, 0.3) is 5.91 Å². The largest absolute Gasteiger partial charge is 0.464 e. The molecule has 0 saturated carbocycles. The first-order valence-corrected chi connectivity index (χ1v) is 9.08. The highest BCUT2D eigenvalue weighted by Crippen LogP contribution is 2.32. The lowest BCUT2D eigenvalue weighted by molar-refractivity contribution is -0.150. The van der Waals surface area contributed by atoms with Crippen molar-refractivity contribution < 1.29 is 18.7 Å². The van der Waals surface area contributed by atoms with E-state index in [4.69, 9.17) is 9.15 Å². The van der Waals surface area contributed by atoms with Gasteiger partial charge in [-0.15, -0.1) is 0 Å². The van der Waals surface area contributed by atoms with Gasteiger partial charge in [0.05, 0.1) is 12.2 Å². The van der Waals surface area contributed by atoms with Crippen LogP contribution in [-0.2, 0) is 22.4 Å². The van der Waals surface area contributed by atoms with Gasteiger partial charge < -0.3 is 14.5 Å². The standard InChI is InChI=1S/C22H21NO4/c1-3-26-21(25)22(12-16-7-4-5-8-17(16)13-22)23-20(24)18-10-6-9-15-11-14(2)27-19(15)18/h4-11H,3,12-13H2,1-2H3,(H,23,24). The van der Waals surface area contributed by atoms with E-state index in [-0.39, 0.29) is 12.5 Å². The number of carbonyl (C=O) groups excluding carboxylic acids is 2. The Kier molecular flexibility index (Phi) is 4.22. The van der Waals surface area contributed by atoms with Crippen LogP contribution in [0, 0.1) is 6.92 Å². The summed E-state index contributed by atoms with van der Waals surface area (Å²) in [7, 11) is 0. The van der Waals surface area contributed by atoms with Crippen LogP contribution in [0.1, 0.15) is 34.2 Å². The number of amides is 1. The number of benzene rings is 2. The number of aryl methyl sites for hydroxylation is 1. The molecular formula is C22H21NO4. The summed E-state index contributed by atoms with van der Waals surface area (Å²) in [6.07, 6.45) is 0.835. The molecule has 1 N–H and O–H groups in total. The fourth-order valence-electron chi connectivity index (χ4n) is 3.82. The molecule has 0 spiro atoms. The van der Waals surface area contributed by atoms with Crippen molar-refractivity contribution in [3.8, 4) is 0 Å². The van der Waals surface area contributed by atoms with E-state index in [1.165, 1.54) is 0 Å². The molecule has 0 aliphatic heterocycles. The van der Waals surface area contributed by atoms with Crippen molar-refractivity contribution >= 4 is 22.8 Å². The molecule has 1 aliphatic rings. The van der Waals surface area contributed by atoms with Gasteiger partial charge >= 0.3 is 5.97 Å². The van der Waals surface area contributed by atoms with Gasteiger partial charge in [-0.05, 0) is 37.1 Å². The van der Waals surface area contributed by atoms with Crippen molar-refractivity contribution in [2.45, 2.75) is 32.2 Å². The second kappa shape index (κ2) is 6.58. The molecule has 1 aliphatic carbocycles. The number of ether oxygens (including phenoxy) is 1. The predicted molar refractivity (Wildman–Crippen MR) is 102 cm³/mol. The normalized spacial score (nSPS) is 14.7. The average molecular weight is 363 g/mol. The topological polar surface area (TPSA) is 68.5 Å². The highest BCUT2D eigenvalue weighted by atomic mass is 16.5. The molecule has 5 heteroatoms. The first-order valence-electron chi connectivity index (χ1n) is 9.08. The number of para-hydroxylation sites is 1. The predicted octanol–water partition coefficient (Wildman–Crippen LogP) is 3.57. The van der Waals surface area contributed by atoms with Crippen molar-refractivity contribution in [1.29, 1.82) is 0 Å². The maximum absolute atomic E-state index is 13.1. The third-order valence-electron chi connectivity index (χ3n) is 5.03. The van der Waals surface area contributed by atoms with Crippen LogP contribution in [0.4, 0.5) is 0 Å². The van der Waals surface area contributed by atoms with Gasteiger partial charge in [-0.25, -0.2) is 4.79 Å². The number of hydrogen-bond acceptors (Lipinski definition) is 4. The Hall–Kier alpha value is -3.08. The molecule has 0 fully saturated rings. The zero-order valence-corrected chi connectivity index (χ0v) is 15.4. The van der Waals surface area contributed by atoms with Crippen molar-refractivity contribution in [3.05, 3.63) is 71.0 Å². The molecule has 0 unspecified atom stereocenters. The average Bonchev–Trinajstić information content (AvgIpc) is 3.21. The number of nitrogens with one attached hydrogen (secondary N) is 1. The summed E-state index contributed by atoms with van der Waals surface area (Å²) >= 11 is 0. The van der Waals surface area contributed by atoms with Crippen molar-refractivity contribution in [2.24, 2.45) is 0 Å². The summed E-state index contributed by atoms with van der Waals surface area (Å²) < 4.78 is 11.0. The molecule has 4 rings (SSSR count). The zero-order chi connectivity index (χ0) is 19.0. The molecule has 1 aromatic heterocycles. The van der Waals surface area contributed by atoms with Gasteiger partial charge in [0.1, 0.15) is 16.9 Å². The van der Waals surface area contributed by atoms with E-state index < -0.39 is 11.5 Å². The van der Waals surface area contributed by atoms with Crippen LogP contribution in [-0.4, -0.2) is 24.0 Å². The molecule has 1 amide bonds. The maximum Gasteiger partial charge on any atom is 0.332 e. The Labute approximate surface area is 157 Å². The molecule has 27 heavy (non-hydrogen) atoms. The fourth-order valence-corrected chi connectivity index (χ4v) is 3.82. The first kappa shape index (κ1) is 17.3. The van der Waals surface area contributed by atoms with Gasteiger partial charge in [-0.1, -0.05) is 36.4 Å². The van der Waals surface area contributed by atoms with E-state index in [1.54, 1.807) is 13.0 Å². The summed E-state index contributed by atoms with van der Waals surface area (Å²) in [5.41, 5.74) is 1.96. The molecule has 3 aromatic rings. The van der Waals surface area contributed by atoms with Gasteiger partial charge in [-0.3, -0.25) is 4.79 Å². The van der Waals surface area contributed by atoms with Crippen LogP contribution in [0.25, 0.3) is 11.0 Å². The number of rotatable bonds is 4. The van der Waals surface area contributed by atoms with E-state index in [9.17, 15) is 9.59 Å². The van der Waals surface area contributed by atoms with Crippen LogP contribution < -0.4 is 5.32 Å². The van der Waals surface area contributed by atoms with Crippen LogP contribution in [0.2, 0.25) is 0 Å². The Morgan fingerprint density at radius 3 is 2.48 bits per heavy atom. The highest BCUT2D eigenvalue weighted by Gasteiger charge is 2.46. The van der Waals surface area contributed by atoms with E-state index in [0.29, 0.717) is 24.0 Å². The van der Waals surface area contributed by atoms with Crippen LogP contribution in [0.3, 0.4) is 0 Å². The second-order valence-electron chi connectivity index (χ2n) is 6.96. The van der Waals surface area contributed by atoms with Crippen molar-refractivity contribution in [2.75, 3.05) is 6.61 Å². The summed E-state index contributed by atoms with van der Waals surface area (Å²) in [6.45, 7) is 3.87. The highest BCUT2D eigenvalue weighted by molar-refractivity contribution is 6.07. The summed E-state index contributed by atoms with van der Waals surface area (Å²) in [5.74, 6) is -0.00760. The second-order valence-corrected chi connectivity index (χ2v) is 6.96. The minimum atomic E-state index is -1.10. The van der Waals surface area contributed by atoms with Crippen LogP contribution in [0.15, 0.2) is 52.9 Å². The van der Waals surface area contributed by atoms with Crippen molar-refractivity contribution in [1.82, 2.24) is 5.32 Å². The Morgan fingerprint density at radius 2 is 1.81 bits per heavy atom. The lowest BCUT2D eigenvalue weighted by atomic mass is 9.94. The number of fused-ring (bicyclic) bond motifs is 2. The molecule has 2 aromatic carbocycles. The summed E-state index contributed by atoms with van der Waals surface area (Å²) in [5, 5.41) is 3.83. The number of carbonyl (C=O) groups is 2. The minimum absolute atomic E-state index is 0.264. The molecular weight excluding hydrogens is 342 g/mol. The van der Waals surface area contributed by atoms with Gasteiger partial charge in [-0.2, -0.15) is 0 Å². The van der Waals surface area contributed by atoms with Crippen LogP contribution >= 0.6 is 0 Å². The van der Waals surface area contributed by atoms with E-state index >= 15 is 0 Å². The summed E-state index contributed by atoms with van der Waals surface area (Å²) in [6, 6.07) is 15.2. The lowest BCUT2D eigenvalue weighted by Crippen LogP contribution is -2.56. The molecule has 0 atom stereocenters. The Morgan fingerprint density at radius 1 is 1.11 bits per heavy atom. The number of hydrogen-bond donors (Lipinski definition) is 1. The zero-order valence-electron chi connectivity index (χ0n) is 15.4. The smallest absolute Gasteiger partial charge is 0.332 e. The molecule has 5 nitrogen and oxygen atoms in total. The first-order chi connectivity index (χ1) is 13.0. The summed E-state index contributed by atoms with van der Waals surface area (Å²) in [4.78, 5) is 25.9.